The lowest BCUT2D eigenvalue weighted by atomic mass is 9.98. The van der Waals surface area contributed by atoms with Crippen molar-refractivity contribution in [2.45, 2.75) is 33.6 Å². The fraction of sp³-hybridized carbons (Fsp3) is 0.250. The van der Waals surface area contributed by atoms with E-state index in [4.69, 9.17) is 0 Å². The average molecular weight is 353 g/mol. The van der Waals surface area contributed by atoms with Gasteiger partial charge in [0.2, 0.25) is 5.91 Å². The van der Waals surface area contributed by atoms with Crippen molar-refractivity contribution in [3.8, 4) is 0 Å². The minimum atomic E-state index is -0.775. The Hall–Kier alpha value is -3.15. The maximum Gasteiger partial charge on any atom is 0.314 e. The third kappa shape index (κ3) is 4.92. The topological polar surface area (TPSA) is 87.3 Å². The van der Waals surface area contributed by atoms with E-state index in [1.807, 2.05) is 39.0 Å². The van der Waals surface area contributed by atoms with E-state index >= 15 is 0 Å². The van der Waals surface area contributed by atoms with Crippen LogP contribution in [0.5, 0.6) is 0 Å². The van der Waals surface area contributed by atoms with Crippen molar-refractivity contribution in [1.82, 2.24) is 0 Å². The number of nitrogens with one attached hydrogen (secondary N) is 3. The molecule has 0 bridgehead atoms. The molecule has 0 saturated heterocycles. The summed E-state index contributed by atoms with van der Waals surface area (Å²) in [4.78, 5) is 35.7. The Labute approximate surface area is 153 Å². The van der Waals surface area contributed by atoms with E-state index in [9.17, 15) is 14.4 Å². The SMILES string of the molecule is CC(=O)Nc1cccc(NC(=O)C(=O)Nc2c(C)cccc2C(C)C)c1. The lowest BCUT2D eigenvalue weighted by molar-refractivity contribution is -0.133. The Morgan fingerprint density at radius 2 is 1.42 bits per heavy atom. The lowest BCUT2D eigenvalue weighted by Gasteiger charge is -2.16. The summed E-state index contributed by atoms with van der Waals surface area (Å²) < 4.78 is 0. The largest absolute Gasteiger partial charge is 0.326 e. The zero-order valence-corrected chi connectivity index (χ0v) is 15.3. The normalized spacial score (nSPS) is 10.3. The first kappa shape index (κ1) is 19.2. The van der Waals surface area contributed by atoms with Crippen molar-refractivity contribution in [3.05, 3.63) is 53.6 Å². The molecule has 0 unspecified atom stereocenters. The molecule has 2 aromatic carbocycles. The second-order valence-corrected chi connectivity index (χ2v) is 6.36. The van der Waals surface area contributed by atoms with E-state index in [1.165, 1.54) is 6.92 Å². The van der Waals surface area contributed by atoms with Crippen LogP contribution in [0.1, 0.15) is 37.8 Å². The number of hydrogen-bond acceptors (Lipinski definition) is 3. The van der Waals surface area contributed by atoms with Gasteiger partial charge in [0.1, 0.15) is 0 Å². The van der Waals surface area contributed by atoms with Crippen molar-refractivity contribution >= 4 is 34.8 Å². The molecule has 0 aliphatic carbocycles. The molecular weight excluding hydrogens is 330 g/mol. The number of anilines is 3. The van der Waals surface area contributed by atoms with Gasteiger partial charge in [-0.25, -0.2) is 0 Å². The van der Waals surface area contributed by atoms with E-state index in [-0.39, 0.29) is 11.8 Å². The van der Waals surface area contributed by atoms with Crippen LogP contribution < -0.4 is 16.0 Å². The van der Waals surface area contributed by atoms with Gasteiger partial charge in [0.05, 0.1) is 0 Å². The molecule has 3 N–H and O–H groups in total. The summed E-state index contributed by atoms with van der Waals surface area (Å²) in [5.74, 6) is -1.52. The molecule has 0 atom stereocenters. The van der Waals surface area contributed by atoms with Crippen molar-refractivity contribution in [2.24, 2.45) is 0 Å². The summed E-state index contributed by atoms with van der Waals surface area (Å²) >= 11 is 0. The highest BCUT2D eigenvalue weighted by Crippen LogP contribution is 2.27. The first-order valence-electron chi connectivity index (χ1n) is 8.37. The number of para-hydroxylation sites is 1. The summed E-state index contributed by atoms with van der Waals surface area (Å²) in [5.41, 5.74) is 3.49. The van der Waals surface area contributed by atoms with E-state index in [0.717, 1.165) is 11.1 Å². The van der Waals surface area contributed by atoms with Crippen LogP contribution in [0, 0.1) is 6.92 Å². The van der Waals surface area contributed by atoms with E-state index in [2.05, 4.69) is 16.0 Å². The predicted octanol–water partition coefficient (Wildman–Crippen LogP) is 3.65. The summed E-state index contributed by atoms with van der Waals surface area (Å²) in [6.45, 7) is 7.33. The molecule has 2 aromatic rings. The summed E-state index contributed by atoms with van der Waals surface area (Å²) in [7, 11) is 0. The van der Waals surface area contributed by atoms with Crippen molar-refractivity contribution < 1.29 is 14.4 Å². The highest BCUT2D eigenvalue weighted by molar-refractivity contribution is 6.43. The van der Waals surface area contributed by atoms with Gasteiger partial charge in [-0.05, 0) is 42.2 Å². The van der Waals surface area contributed by atoms with Gasteiger partial charge >= 0.3 is 11.8 Å². The molecule has 6 heteroatoms. The quantitative estimate of drug-likeness (QED) is 0.733. The molecule has 0 radical (unpaired) electrons. The minimum Gasteiger partial charge on any atom is -0.326 e. The number of hydrogen-bond donors (Lipinski definition) is 3. The predicted molar refractivity (Wildman–Crippen MR) is 103 cm³/mol. The molecular formula is C20H23N3O3. The van der Waals surface area contributed by atoms with Crippen LogP contribution in [0.3, 0.4) is 0 Å². The van der Waals surface area contributed by atoms with Gasteiger partial charge in [0, 0.05) is 24.0 Å². The second-order valence-electron chi connectivity index (χ2n) is 6.36. The Morgan fingerprint density at radius 1 is 0.846 bits per heavy atom. The van der Waals surface area contributed by atoms with Gasteiger partial charge in [-0.1, -0.05) is 38.1 Å². The fourth-order valence-electron chi connectivity index (χ4n) is 2.58. The summed E-state index contributed by atoms with van der Waals surface area (Å²) in [6.07, 6.45) is 0. The highest BCUT2D eigenvalue weighted by Gasteiger charge is 2.18. The molecule has 0 saturated carbocycles. The van der Waals surface area contributed by atoms with Crippen molar-refractivity contribution in [2.75, 3.05) is 16.0 Å². The molecule has 3 amide bonds. The molecule has 0 heterocycles. The van der Waals surface area contributed by atoms with E-state index in [0.29, 0.717) is 17.1 Å². The molecule has 0 spiro atoms. The van der Waals surface area contributed by atoms with Crippen LogP contribution in [0.25, 0.3) is 0 Å². The zero-order chi connectivity index (χ0) is 19.3. The zero-order valence-electron chi connectivity index (χ0n) is 15.3. The first-order chi connectivity index (χ1) is 12.3. The lowest BCUT2D eigenvalue weighted by Crippen LogP contribution is -2.29. The third-order valence-electron chi connectivity index (χ3n) is 3.81. The first-order valence-corrected chi connectivity index (χ1v) is 8.37. The maximum atomic E-state index is 12.3. The van der Waals surface area contributed by atoms with Gasteiger partial charge in [0.25, 0.3) is 0 Å². The van der Waals surface area contributed by atoms with Gasteiger partial charge in [-0.15, -0.1) is 0 Å². The van der Waals surface area contributed by atoms with Gasteiger partial charge in [-0.2, -0.15) is 0 Å². The molecule has 0 aliphatic heterocycles. The van der Waals surface area contributed by atoms with Gasteiger partial charge in [-0.3, -0.25) is 14.4 Å². The molecule has 6 nitrogen and oxygen atoms in total. The summed E-state index contributed by atoms with van der Waals surface area (Å²) in [6, 6.07) is 12.3. The molecule has 136 valence electrons. The van der Waals surface area contributed by atoms with Crippen LogP contribution in [-0.2, 0) is 14.4 Å². The number of rotatable bonds is 4. The Morgan fingerprint density at radius 3 is 2.04 bits per heavy atom. The third-order valence-corrected chi connectivity index (χ3v) is 3.81. The van der Waals surface area contributed by atoms with Crippen LogP contribution >= 0.6 is 0 Å². The van der Waals surface area contributed by atoms with E-state index in [1.54, 1.807) is 24.3 Å². The van der Waals surface area contributed by atoms with E-state index < -0.39 is 11.8 Å². The molecule has 0 aromatic heterocycles. The minimum absolute atomic E-state index is 0.211. The van der Waals surface area contributed by atoms with Crippen LogP contribution in [0.15, 0.2) is 42.5 Å². The Kier molecular flexibility index (Phi) is 6.11. The molecule has 2 rings (SSSR count). The molecule has 0 aliphatic rings. The maximum absolute atomic E-state index is 12.3. The second kappa shape index (κ2) is 8.29. The smallest absolute Gasteiger partial charge is 0.314 e. The Bertz CT molecular complexity index is 844. The Balaban J connectivity index is 2.12. The molecule has 26 heavy (non-hydrogen) atoms. The van der Waals surface area contributed by atoms with Crippen molar-refractivity contribution in [3.63, 3.8) is 0 Å². The number of carbonyl (C=O) groups is 3. The van der Waals surface area contributed by atoms with Gasteiger partial charge in [0.15, 0.2) is 0 Å². The monoisotopic (exact) mass is 353 g/mol. The average Bonchev–Trinajstić information content (AvgIpc) is 2.56. The standard InChI is InChI=1S/C20H23N3O3/c1-12(2)17-10-5-7-13(3)18(17)23-20(26)19(25)22-16-9-6-8-15(11-16)21-14(4)24/h5-12H,1-4H3,(H,21,24)(H,22,25)(H,23,26). The van der Waals surface area contributed by atoms with Crippen LogP contribution in [0.4, 0.5) is 17.1 Å². The number of amides is 3. The number of carbonyl (C=O) groups excluding carboxylic acids is 3. The van der Waals surface area contributed by atoms with Gasteiger partial charge < -0.3 is 16.0 Å². The number of benzene rings is 2. The van der Waals surface area contributed by atoms with Crippen LogP contribution in [-0.4, -0.2) is 17.7 Å². The molecule has 0 fully saturated rings. The summed E-state index contributed by atoms with van der Waals surface area (Å²) in [5, 5.41) is 7.87. The van der Waals surface area contributed by atoms with Crippen molar-refractivity contribution in [1.29, 1.82) is 0 Å². The highest BCUT2D eigenvalue weighted by atomic mass is 16.2. The fourth-order valence-corrected chi connectivity index (χ4v) is 2.58. The number of aryl methyl sites for hydroxylation is 1. The van der Waals surface area contributed by atoms with Crippen LogP contribution in [0.2, 0.25) is 0 Å².